The van der Waals surface area contributed by atoms with Gasteiger partial charge >= 0.3 is 5.97 Å². The Balaban J connectivity index is 1.67. The molecule has 0 heterocycles. The van der Waals surface area contributed by atoms with Crippen molar-refractivity contribution in [3.8, 4) is 29.2 Å². The van der Waals surface area contributed by atoms with Crippen molar-refractivity contribution in [3.05, 3.63) is 89.5 Å². The van der Waals surface area contributed by atoms with Gasteiger partial charge in [-0.2, -0.15) is 0 Å². The second-order valence-electron chi connectivity index (χ2n) is 6.36. The van der Waals surface area contributed by atoms with Crippen molar-refractivity contribution < 1.29 is 14.6 Å². The van der Waals surface area contributed by atoms with Crippen LogP contribution in [0.4, 0.5) is 0 Å². The van der Waals surface area contributed by atoms with Gasteiger partial charge < -0.3 is 9.84 Å². The highest BCUT2D eigenvalue weighted by Gasteiger charge is 2.08. The smallest absolute Gasteiger partial charge is 0.343 e. The zero-order valence-corrected chi connectivity index (χ0v) is 15.1. The third-order valence-electron chi connectivity index (χ3n) is 4.26. The van der Waals surface area contributed by atoms with Crippen molar-refractivity contribution in [1.82, 2.24) is 0 Å². The van der Waals surface area contributed by atoms with Gasteiger partial charge in [0.15, 0.2) is 0 Å². The lowest BCUT2D eigenvalue weighted by molar-refractivity contribution is 0.0735. The molecule has 1 unspecified atom stereocenters. The van der Waals surface area contributed by atoms with Crippen LogP contribution in [0, 0.1) is 19.3 Å². The van der Waals surface area contributed by atoms with Gasteiger partial charge in [0.1, 0.15) is 11.9 Å². The number of benzene rings is 3. The summed E-state index contributed by atoms with van der Waals surface area (Å²) in [5, 5.41) is 9.52. The number of ether oxygens (including phenoxy) is 1. The Labute approximate surface area is 159 Å². The Hall–Kier alpha value is -3.35. The lowest BCUT2D eigenvalue weighted by Gasteiger charge is -2.08. The molecule has 3 nitrogen and oxygen atoms in total. The first-order chi connectivity index (χ1) is 13.0. The molecule has 0 fully saturated rings. The van der Waals surface area contributed by atoms with E-state index in [4.69, 9.17) is 11.2 Å². The number of carbonyl (C=O) groups excluding carboxylic acids is 1. The van der Waals surface area contributed by atoms with Crippen LogP contribution in [0.5, 0.6) is 5.75 Å². The highest BCUT2D eigenvalue weighted by Crippen LogP contribution is 2.23. The summed E-state index contributed by atoms with van der Waals surface area (Å²) < 4.78 is 5.42. The first-order valence-corrected chi connectivity index (χ1v) is 8.67. The summed E-state index contributed by atoms with van der Waals surface area (Å²) in [5.41, 5.74) is 4.64. The number of terminal acetylenes is 1. The monoisotopic (exact) mass is 356 g/mol. The largest absolute Gasteiger partial charge is 0.423 e. The van der Waals surface area contributed by atoms with Crippen LogP contribution in [-0.2, 0) is 6.42 Å². The van der Waals surface area contributed by atoms with E-state index < -0.39 is 6.10 Å². The minimum Gasteiger partial charge on any atom is -0.423 e. The van der Waals surface area contributed by atoms with Crippen LogP contribution < -0.4 is 4.74 Å². The summed E-state index contributed by atoms with van der Waals surface area (Å²) in [4.78, 5) is 12.2. The molecule has 0 aliphatic carbocycles. The molecule has 1 N–H and O–H groups in total. The van der Waals surface area contributed by atoms with Crippen LogP contribution in [0.1, 0.15) is 21.5 Å². The summed E-state index contributed by atoms with van der Waals surface area (Å²) >= 11 is 0. The van der Waals surface area contributed by atoms with Crippen molar-refractivity contribution in [2.24, 2.45) is 0 Å². The predicted molar refractivity (Wildman–Crippen MR) is 107 cm³/mol. The number of esters is 1. The molecule has 3 heteroatoms. The molecular weight excluding hydrogens is 336 g/mol. The van der Waals surface area contributed by atoms with E-state index in [1.807, 2.05) is 55.5 Å². The summed E-state index contributed by atoms with van der Waals surface area (Å²) in [6.45, 7) is 1.97. The molecule has 0 spiro atoms. The second kappa shape index (κ2) is 8.35. The van der Waals surface area contributed by atoms with Crippen LogP contribution >= 0.6 is 0 Å². The van der Waals surface area contributed by atoms with Gasteiger partial charge in [-0.25, -0.2) is 4.79 Å². The normalized spacial score (nSPS) is 11.4. The van der Waals surface area contributed by atoms with Crippen LogP contribution in [0.25, 0.3) is 11.1 Å². The molecule has 3 aromatic rings. The Kier molecular flexibility index (Phi) is 5.71. The lowest BCUT2D eigenvalue weighted by Crippen LogP contribution is -2.08. The van der Waals surface area contributed by atoms with Crippen molar-refractivity contribution in [3.63, 3.8) is 0 Å². The minimum atomic E-state index is -0.765. The zero-order valence-electron chi connectivity index (χ0n) is 15.1. The molecule has 3 rings (SSSR count). The lowest BCUT2D eigenvalue weighted by atomic mass is 10.0. The summed E-state index contributed by atoms with van der Waals surface area (Å²) in [5.74, 6) is 2.43. The third kappa shape index (κ3) is 4.84. The maximum Gasteiger partial charge on any atom is 0.343 e. The highest BCUT2D eigenvalue weighted by molar-refractivity contribution is 5.91. The topological polar surface area (TPSA) is 46.5 Å². The molecular formula is C24H20O3. The van der Waals surface area contributed by atoms with Gasteiger partial charge in [0.2, 0.25) is 0 Å². The fraction of sp³-hybridized carbons (Fsp3) is 0.125. The number of hydrogen-bond acceptors (Lipinski definition) is 3. The van der Waals surface area contributed by atoms with E-state index in [0.717, 1.165) is 22.3 Å². The quantitative estimate of drug-likeness (QED) is 0.418. The van der Waals surface area contributed by atoms with Crippen molar-refractivity contribution in [1.29, 1.82) is 0 Å². The predicted octanol–water partition coefficient (Wildman–Crippen LogP) is 4.42. The number of aryl methyl sites for hydroxylation is 1. The van der Waals surface area contributed by atoms with Gasteiger partial charge in [-0.1, -0.05) is 60.0 Å². The number of rotatable bonds is 5. The molecule has 0 aliphatic heterocycles. The maximum atomic E-state index is 12.2. The first kappa shape index (κ1) is 18.4. The molecule has 134 valence electrons. The molecule has 3 aromatic carbocycles. The number of carbonyl (C=O) groups is 1. The Morgan fingerprint density at radius 1 is 0.963 bits per heavy atom. The Bertz CT molecular complexity index is 947. The van der Waals surface area contributed by atoms with Gasteiger partial charge in [-0.3, -0.25) is 0 Å². The molecule has 0 saturated heterocycles. The number of aliphatic hydroxyl groups is 1. The Morgan fingerprint density at radius 2 is 1.52 bits per heavy atom. The minimum absolute atomic E-state index is 0.376. The summed E-state index contributed by atoms with van der Waals surface area (Å²) in [6.07, 6.45) is 4.87. The number of hydrogen-bond donors (Lipinski definition) is 1. The van der Waals surface area contributed by atoms with E-state index in [1.165, 1.54) is 0 Å². The fourth-order valence-corrected chi connectivity index (χ4v) is 2.69. The highest BCUT2D eigenvalue weighted by atomic mass is 16.5. The second-order valence-corrected chi connectivity index (χ2v) is 6.36. The molecule has 0 saturated carbocycles. The Morgan fingerprint density at radius 3 is 2.07 bits per heavy atom. The number of aliphatic hydroxyl groups excluding tert-OH is 1. The van der Waals surface area contributed by atoms with Crippen molar-refractivity contribution in [2.75, 3.05) is 0 Å². The van der Waals surface area contributed by atoms with Crippen LogP contribution in [-0.4, -0.2) is 17.2 Å². The fourth-order valence-electron chi connectivity index (χ4n) is 2.69. The average molecular weight is 356 g/mol. The van der Waals surface area contributed by atoms with Gasteiger partial charge in [0, 0.05) is 6.42 Å². The van der Waals surface area contributed by atoms with Crippen LogP contribution in [0.3, 0.4) is 0 Å². The molecule has 0 aromatic heterocycles. The van der Waals surface area contributed by atoms with Gasteiger partial charge in [-0.15, -0.1) is 6.42 Å². The maximum absolute atomic E-state index is 12.2. The SMILES string of the molecule is C#CC(O)Cc1ccc(-c2ccc(OC(=O)c3ccc(C)cc3)cc2)cc1. The summed E-state index contributed by atoms with van der Waals surface area (Å²) in [7, 11) is 0. The molecule has 0 amide bonds. The van der Waals surface area contributed by atoms with Crippen LogP contribution in [0.15, 0.2) is 72.8 Å². The van der Waals surface area contributed by atoms with E-state index in [-0.39, 0.29) is 5.97 Å². The van der Waals surface area contributed by atoms with Gasteiger partial charge in [0.25, 0.3) is 0 Å². The van der Waals surface area contributed by atoms with Crippen LogP contribution in [0.2, 0.25) is 0 Å². The van der Waals surface area contributed by atoms with E-state index >= 15 is 0 Å². The van der Waals surface area contributed by atoms with E-state index in [9.17, 15) is 9.90 Å². The van der Waals surface area contributed by atoms with Crippen molar-refractivity contribution in [2.45, 2.75) is 19.4 Å². The van der Waals surface area contributed by atoms with Crippen molar-refractivity contribution >= 4 is 5.97 Å². The third-order valence-corrected chi connectivity index (χ3v) is 4.26. The zero-order chi connectivity index (χ0) is 19.2. The van der Waals surface area contributed by atoms with Gasteiger partial charge in [-0.05, 0) is 47.9 Å². The standard InChI is InChI=1S/C24H20O3/c1-3-22(25)16-18-6-10-19(11-7-18)20-12-14-23(15-13-20)27-24(26)21-8-4-17(2)5-9-21/h1,4-15,22,25H,16H2,2H3. The van der Waals surface area contributed by atoms with E-state index in [0.29, 0.717) is 17.7 Å². The molecule has 27 heavy (non-hydrogen) atoms. The first-order valence-electron chi connectivity index (χ1n) is 8.67. The molecule has 1 atom stereocenters. The van der Waals surface area contributed by atoms with Gasteiger partial charge in [0.05, 0.1) is 5.56 Å². The molecule has 0 bridgehead atoms. The van der Waals surface area contributed by atoms with E-state index in [2.05, 4.69) is 5.92 Å². The molecule has 0 aliphatic rings. The average Bonchev–Trinajstić information content (AvgIpc) is 2.69. The summed E-state index contributed by atoms with van der Waals surface area (Å²) in [6, 6.07) is 22.5. The van der Waals surface area contributed by atoms with E-state index in [1.54, 1.807) is 24.3 Å². The molecule has 0 radical (unpaired) electrons.